The van der Waals surface area contributed by atoms with E-state index in [0.717, 1.165) is 5.57 Å². The van der Waals surface area contributed by atoms with Gasteiger partial charge in [-0.25, -0.2) is 4.39 Å². The van der Waals surface area contributed by atoms with Crippen molar-refractivity contribution in [2.75, 3.05) is 0 Å². The Morgan fingerprint density at radius 3 is 2.09 bits per heavy atom. The van der Waals surface area contributed by atoms with Crippen molar-refractivity contribution in [3.05, 3.63) is 36.2 Å². The Balaban J connectivity index is 4.32. The molecule has 0 heterocycles. The molecule has 0 radical (unpaired) electrons. The lowest BCUT2D eigenvalue weighted by molar-refractivity contribution is 0.646. The summed E-state index contributed by atoms with van der Waals surface area (Å²) in [6, 6.07) is 0. The van der Waals surface area contributed by atoms with Crippen molar-refractivity contribution in [3.63, 3.8) is 0 Å². The molecule has 0 aliphatic carbocycles. The van der Waals surface area contributed by atoms with Gasteiger partial charge in [0.15, 0.2) is 0 Å². The third kappa shape index (κ3) is 3.76. The minimum Gasteiger partial charge on any atom is -0.207 e. The fourth-order valence-corrected chi connectivity index (χ4v) is 0.453. The zero-order valence-corrected chi connectivity index (χ0v) is 7.45. The number of hydrogen-bond donors (Lipinski definition) is 0. The molecule has 1 heteroatoms. The number of hydrogen-bond acceptors (Lipinski definition) is 0. The van der Waals surface area contributed by atoms with Crippen LogP contribution in [0, 0.1) is 5.92 Å². The second kappa shape index (κ2) is 4.12. The van der Waals surface area contributed by atoms with Crippen LogP contribution in [0.4, 0.5) is 4.39 Å². The lowest BCUT2D eigenvalue weighted by Gasteiger charge is -2.03. The smallest absolute Gasteiger partial charge is 0.125 e. The van der Waals surface area contributed by atoms with Gasteiger partial charge >= 0.3 is 0 Å². The standard InChI is InChI=1S/C10H15F/c1-7(2)9(5)6-10(11)8(3)4/h6-7H,3,5H2,1-2,4H3/b10-6+. The summed E-state index contributed by atoms with van der Waals surface area (Å²) in [5.74, 6) is 0.0174. The first-order chi connectivity index (χ1) is 4.95. The molecule has 11 heavy (non-hydrogen) atoms. The van der Waals surface area contributed by atoms with E-state index in [2.05, 4.69) is 13.2 Å². The van der Waals surface area contributed by atoms with Crippen LogP contribution in [0.2, 0.25) is 0 Å². The maximum Gasteiger partial charge on any atom is 0.125 e. The zero-order valence-electron chi connectivity index (χ0n) is 7.45. The van der Waals surface area contributed by atoms with Gasteiger partial charge in [0.1, 0.15) is 5.83 Å². The normalized spacial score (nSPS) is 11.9. The van der Waals surface area contributed by atoms with E-state index in [4.69, 9.17) is 0 Å². The molecule has 0 aromatic heterocycles. The summed E-state index contributed by atoms with van der Waals surface area (Å²) in [4.78, 5) is 0. The van der Waals surface area contributed by atoms with Crippen LogP contribution in [0.15, 0.2) is 36.2 Å². The van der Waals surface area contributed by atoms with Crippen molar-refractivity contribution in [2.45, 2.75) is 20.8 Å². The summed E-state index contributed by atoms with van der Waals surface area (Å²) < 4.78 is 12.8. The summed E-state index contributed by atoms with van der Waals surface area (Å²) in [6.07, 6.45) is 1.44. The Labute approximate surface area is 68.1 Å². The molecule has 0 spiro atoms. The Morgan fingerprint density at radius 1 is 1.36 bits per heavy atom. The molecule has 0 fully saturated rings. The first-order valence-corrected chi connectivity index (χ1v) is 3.67. The van der Waals surface area contributed by atoms with Gasteiger partial charge in [-0.3, -0.25) is 0 Å². The molecular formula is C10H15F. The molecule has 0 aliphatic heterocycles. The average molecular weight is 154 g/mol. The van der Waals surface area contributed by atoms with Crippen molar-refractivity contribution in [1.29, 1.82) is 0 Å². The quantitative estimate of drug-likeness (QED) is 0.544. The molecule has 0 rings (SSSR count). The monoisotopic (exact) mass is 154 g/mol. The van der Waals surface area contributed by atoms with E-state index in [-0.39, 0.29) is 5.83 Å². The molecule has 0 atom stereocenters. The molecule has 0 N–H and O–H groups in total. The Hall–Kier alpha value is -0.850. The van der Waals surface area contributed by atoms with Gasteiger partial charge in [-0.15, -0.1) is 0 Å². The average Bonchev–Trinajstić information content (AvgIpc) is 1.87. The summed E-state index contributed by atoms with van der Waals surface area (Å²) in [5.41, 5.74) is 1.25. The molecule has 0 unspecified atom stereocenters. The van der Waals surface area contributed by atoms with Crippen molar-refractivity contribution in [2.24, 2.45) is 5.92 Å². The predicted octanol–water partition coefficient (Wildman–Crippen LogP) is 3.63. The summed E-state index contributed by atoms with van der Waals surface area (Å²) >= 11 is 0. The van der Waals surface area contributed by atoms with Crippen LogP contribution < -0.4 is 0 Å². The van der Waals surface area contributed by atoms with Gasteiger partial charge in [0.05, 0.1) is 0 Å². The van der Waals surface area contributed by atoms with Crippen LogP contribution in [0.5, 0.6) is 0 Å². The van der Waals surface area contributed by atoms with Gasteiger partial charge in [0.25, 0.3) is 0 Å². The first kappa shape index (κ1) is 10.2. The van der Waals surface area contributed by atoms with Gasteiger partial charge in [-0.05, 0) is 30.1 Å². The second-order valence-electron chi connectivity index (χ2n) is 3.00. The fourth-order valence-electron chi connectivity index (χ4n) is 0.453. The largest absolute Gasteiger partial charge is 0.207 e. The zero-order chi connectivity index (χ0) is 9.02. The van der Waals surface area contributed by atoms with Crippen LogP contribution >= 0.6 is 0 Å². The summed E-state index contributed by atoms with van der Waals surface area (Å²) in [7, 11) is 0. The lowest BCUT2D eigenvalue weighted by atomic mass is 10.0. The van der Waals surface area contributed by atoms with E-state index in [1.54, 1.807) is 6.92 Å². The maximum absolute atomic E-state index is 12.8. The van der Waals surface area contributed by atoms with Gasteiger partial charge in [0.2, 0.25) is 0 Å². The van der Waals surface area contributed by atoms with E-state index in [1.807, 2.05) is 13.8 Å². The molecule has 0 aromatic carbocycles. The van der Waals surface area contributed by atoms with Crippen molar-refractivity contribution in [3.8, 4) is 0 Å². The van der Waals surface area contributed by atoms with Crippen molar-refractivity contribution in [1.82, 2.24) is 0 Å². The molecule has 0 saturated heterocycles. The van der Waals surface area contributed by atoms with Crippen LogP contribution in [0.3, 0.4) is 0 Å². The maximum atomic E-state index is 12.8. The van der Waals surface area contributed by atoms with Gasteiger partial charge in [-0.1, -0.05) is 27.0 Å². The number of halogens is 1. The van der Waals surface area contributed by atoms with Crippen LogP contribution in [0.25, 0.3) is 0 Å². The van der Waals surface area contributed by atoms with E-state index in [0.29, 0.717) is 11.5 Å². The van der Waals surface area contributed by atoms with Gasteiger partial charge in [-0.2, -0.15) is 0 Å². The Kier molecular flexibility index (Phi) is 3.80. The van der Waals surface area contributed by atoms with Crippen LogP contribution in [-0.2, 0) is 0 Å². The number of rotatable bonds is 3. The summed E-state index contributed by atoms with van der Waals surface area (Å²) in [6.45, 7) is 12.8. The first-order valence-electron chi connectivity index (χ1n) is 3.67. The Bertz CT molecular complexity index is 197. The molecule has 0 aromatic rings. The highest BCUT2D eigenvalue weighted by atomic mass is 19.1. The number of allylic oxidation sites excluding steroid dienone is 4. The minimum absolute atomic E-state index is 0.274. The summed E-state index contributed by atoms with van der Waals surface area (Å²) in [5, 5.41) is 0. The highest BCUT2D eigenvalue weighted by Crippen LogP contribution is 2.15. The minimum atomic E-state index is -0.274. The predicted molar refractivity (Wildman–Crippen MR) is 48.0 cm³/mol. The third-order valence-electron chi connectivity index (χ3n) is 1.46. The Morgan fingerprint density at radius 2 is 1.82 bits per heavy atom. The molecular weight excluding hydrogens is 139 g/mol. The van der Waals surface area contributed by atoms with Crippen molar-refractivity contribution < 1.29 is 4.39 Å². The SMILES string of the molecule is C=C(C)/C(F)=C\C(=C)C(C)C. The molecule has 0 saturated carbocycles. The van der Waals surface area contributed by atoms with E-state index < -0.39 is 0 Å². The molecule has 0 bridgehead atoms. The second-order valence-corrected chi connectivity index (χ2v) is 3.00. The van der Waals surface area contributed by atoms with Crippen LogP contribution in [-0.4, -0.2) is 0 Å². The van der Waals surface area contributed by atoms with Crippen molar-refractivity contribution >= 4 is 0 Å². The highest BCUT2D eigenvalue weighted by Gasteiger charge is 1.99. The van der Waals surface area contributed by atoms with E-state index in [1.165, 1.54) is 6.08 Å². The third-order valence-corrected chi connectivity index (χ3v) is 1.46. The van der Waals surface area contributed by atoms with Crippen LogP contribution in [0.1, 0.15) is 20.8 Å². The van der Waals surface area contributed by atoms with Gasteiger partial charge in [0, 0.05) is 0 Å². The van der Waals surface area contributed by atoms with E-state index in [9.17, 15) is 4.39 Å². The lowest BCUT2D eigenvalue weighted by Crippen LogP contribution is -1.89. The molecule has 0 aliphatic rings. The topological polar surface area (TPSA) is 0 Å². The van der Waals surface area contributed by atoms with E-state index >= 15 is 0 Å². The fraction of sp³-hybridized carbons (Fsp3) is 0.400. The molecule has 0 amide bonds. The molecule has 0 nitrogen and oxygen atoms in total. The molecule has 62 valence electrons. The van der Waals surface area contributed by atoms with Gasteiger partial charge < -0.3 is 0 Å². The highest BCUT2D eigenvalue weighted by molar-refractivity contribution is 5.29.